The van der Waals surface area contributed by atoms with E-state index in [1.54, 1.807) is 17.3 Å². The van der Waals surface area contributed by atoms with Crippen LogP contribution in [0, 0.1) is 0 Å². The molecule has 1 aromatic heterocycles. The van der Waals surface area contributed by atoms with Crippen molar-refractivity contribution in [3.63, 3.8) is 0 Å². The molecule has 5 nitrogen and oxygen atoms in total. The number of hydrogen-bond acceptors (Lipinski definition) is 4. The van der Waals surface area contributed by atoms with Crippen molar-refractivity contribution in [2.24, 2.45) is 0 Å². The maximum atomic E-state index is 11.8. The first-order valence-corrected chi connectivity index (χ1v) is 5.21. The molecule has 1 saturated heterocycles. The Hall–Kier alpha value is -1.46. The van der Waals surface area contributed by atoms with Crippen molar-refractivity contribution in [1.29, 1.82) is 0 Å². The minimum Gasteiger partial charge on any atom is -0.393 e. The van der Waals surface area contributed by atoms with Gasteiger partial charge in [0.15, 0.2) is 6.10 Å². The van der Waals surface area contributed by atoms with Crippen LogP contribution in [0.3, 0.4) is 0 Å². The molecule has 1 amide bonds. The van der Waals surface area contributed by atoms with Crippen molar-refractivity contribution < 1.29 is 14.6 Å². The molecule has 1 unspecified atom stereocenters. The maximum Gasteiger partial charge on any atom is 0.254 e. The van der Waals surface area contributed by atoms with Crippen LogP contribution in [0.4, 0.5) is 0 Å². The van der Waals surface area contributed by atoms with Crippen LogP contribution in [0.15, 0.2) is 24.5 Å². The van der Waals surface area contributed by atoms with Crippen molar-refractivity contribution in [2.45, 2.75) is 12.6 Å². The Morgan fingerprint density at radius 3 is 2.94 bits per heavy atom. The standard InChI is InChI=1S/C11H14N2O3/c14-8-10-11(15)13(5-6-16-10)7-9-1-3-12-4-2-9/h1-4,10,14H,5-8H2. The topological polar surface area (TPSA) is 62.7 Å². The van der Waals surface area contributed by atoms with Gasteiger partial charge in [0.05, 0.1) is 13.2 Å². The monoisotopic (exact) mass is 222 g/mol. The van der Waals surface area contributed by atoms with Gasteiger partial charge in [-0.2, -0.15) is 0 Å². The van der Waals surface area contributed by atoms with Crippen molar-refractivity contribution in [3.8, 4) is 0 Å². The van der Waals surface area contributed by atoms with E-state index in [4.69, 9.17) is 9.84 Å². The molecule has 1 fully saturated rings. The maximum absolute atomic E-state index is 11.8. The average molecular weight is 222 g/mol. The molecular weight excluding hydrogens is 208 g/mol. The molecule has 1 aliphatic heterocycles. The van der Waals surface area contributed by atoms with E-state index in [-0.39, 0.29) is 12.5 Å². The molecule has 16 heavy (non-hydrogen) atoms. The van der Waals surface area contributed by atoms with Gasteiger partial charge in [-0.3, -0.25) is 9.78 Å². The first-order valence-electron chi connectivity index (χ1n) is 5.21. The summed E-state index contributed by atoms with van der Waals surface area (Å²) in [5.74, 6) is -0.148. The largest absolute Gasteiger partial charge is 0.393 e. The summed E-state index contributed by atoms with van der Waals surface area (Å²) in [6.45, 7) is 1.33. The molecule has 0 spiro atoms. The van der Waals surface area contributed by atoms with Gasteiger partial charge in [0.2, 0.25) is 0 Å². The third kappa shape index (κ3) is 2.37. The summed E-state index contributed by atoms with van der Waals surface area (Å²) in [4.78, 5) is 17.4. The normalized spacial score (nSPS) is 21.2. The lowest BCUT2D eigenvalue weighted by Crippen LogP contribution is -2.48. The van der Waals surface area contributed by atoms with Crippen LogP contribution in [-0.4, -0.2) is 46.8 Å². The Morgan fingerprint density at radius 2 is 2.25 bits per heavy atom. The minimum absolute atomic E-state index is 0.148. The van der Waals surface area contributed by atoms with Gasteiger partial charge in [-0.1, -0.05) is 0 Å². The summed E-state index contributed by atoms with van der Waals surface area (Å²) < 4.78 is 5.15. The molecule has 1 atom stereocenters. The molecule has 1 aliphatic rings. The van der Waals surface area contributed by atoms with Crippen LogP contribution >= 0.6 is 0 Å². The Labute approximate surface area is 93.7 Å². The van der Waals surface area contributed by atoms with Gasteiger partial charge < -0.3 is 14.7 Å². The highest BCUT2D eigenvalue weighted by Crippen LogP contribution is 2.10. The first-order chi connectivity index (χ1) is 7.81. The third-order valence-corrected chi connectivity index (χ3v) is 2.56. The van der Waals surface area contributed by atoms with E-state index in [9.17, 15) is 4.79 Å². The molecule has 0 radical (unpaired) electrons. The predicted octanol–water partition coefficient (Wildman–Crippen LogP) is -0.199. The van der Waals surface area contributed by atoms with E-state index in [2.05, 4.69) is 4.98 Å². The van der Waals surface area contributed by atoms with Crippen LogP contribution in [-0.2, 0) is 16.1 Å². The van der Waals surface area contributed by atoms with Crippen LogP contribution in [0.25, 0.3) is 0 Å². The molecule has 1 aromatic rings. The number of rotatable bonds is 3. The third-order valence-electron chi connectivity index (χ3n) is 2.56. The molecule has 2 heterocycles. The van der Waals surface area contributed by atoms with E-state index < -0.39 is 6.10 Å². The number of aliphatic hydroxyl groups excluding tert-OH is 1. The summed E-state index contributed by atoms with van der Waals surface area (Å²) in [5, 5.41) is 8.96. The van der Waals surface area contributed by atoms with Gasteiger partial charge in [-0.05, 0) is 17.7 Å². The number of amides is 1. The predicted molar refractivity (Wildman–Crippen MR) is 56.5 cm³/mol. The van der Waals surface area contributed by atoms with E-state index in [1.807, 2.05) is 12.1 Å². The lowest BCUT2D eigenvalue weighted by molar-refractivity contribution is -0.156. The first kappa shape index (κ1) is 11.0. The highest BCUT2D eigenvalue weighted by Gasteiger charge is 2.28. The fourth-order valence-electron chi connectivity index (χ4n) is 1.69. The summed E-state index contributed by atoms with van der Waals surface area (Å²) >= 11 is 0. The van der Waals surface area contributed by atoms with Crippen molar-refractivity contribution >= 4 is 5.91 Å². The van der Waals surface area contributed by atoms with Crippen LogP contribution in [0.2, 0.25) is 0 Å². The summed E-state index contributed by atoms with van der Waals surface area (Å²) in [5.41, 5.74) is 1.03. The van der Waals surface area contributed by atoms with E-state index in [1.165, 1.54) is 0 Å². The number of morpholine rings is 1. The van der Waals surface area contributed by atoms with Gasteiger partial charge in [0, 0.05) is 25.5 Å². The van der Waals surface area contributed by atoms with Crippen molar-refractivity contribution in [2.75, 3.05) is 19.8 Å². The average Bonchev–Trinajstić information content (AvgIpc) is 2.33. The summed E-state index contributed by atoms with van der Waals surface area (Å²) in [7, 11) is 0. The lowest BCUT2D eigenvalue weighted by atomic mass is 10.2. The number of aliphatic hydroxyl groups is 1. The molecular formula is C11H14N2O3. The quantitative estimate of drug-likeness (QED) is 0.769. The van der Waals surface area contributed by atoms with E-state index in [0.717, 1.165) is 5.56 Å². The van der Waals surface area contributed by atoms with Gasteiger partial charge >= 0.3 is 0 Å². The highest BCUT2D eigenvalue weighted by molar-refractivity contribution is 5.81. The van der Waals surface area contributed by atoms with Crippen molar-refractivity contribution in [3.05, 3.63) is 30.1 Å². The molecule has 5 heteroatoms. The number of ether oxygens (including phenoxy) is 1. The Morgan fingerprint density at radius 1 is 1.50 bits per heavy atom. The van der Waals surface area contributed by atoms with Gasteiger partial charge in [0.1, 0.15) is 0 Å². The van der Waals surface area contributed by atoms with Crippen molar-refractivity contribution in [1.82, 2.24) is 9.88 Å². The molecule has 2 rings (SSSR count). The SMILES string of the molecule is O=C1C(CO)OCCN1Cc1ccncc1. The summed E-state index contributed by atoms with van der Waals surface area (Å²) in [6.07, 6.45) is 2.70. The van der Waals surface area contributed by atoms with Gasteiger partial charge in [-0.25, -0.2) is 0 Å². The fourth-order valence-corrected chi connectivity index (χ4v) is 1.69. The summed E-state index contributed by atoms with van der Waals surface area (Å²) in [6, 6.07) is 3.74. The smallest absolute Gasteiger partial charge is 0.254 e. The molecule has 0 aromatic carbocycles. The molecule has 0 saturated carbocycles. The lowest BCUT2D eigenvalue weighted by Gasteiger charge is -2.31. The number of nitrogens with zero attached hydrogens (tertiary/aromatic N) is 2. The molecule has 1 N–H and O–H groups in total. The van der Waals surface area contributed by atoms with Crippen LogP contribution in [0.1, 0.15) is 5.56 Å². The molecule has 86 valence electrons. The number of pyridine rings is 1. The second kappa shape index (κ2) is 5.05. The fraction of sp³-hybridized carbons (Fsp3) is 0.455. The Bertz CT molecular complexity index is 356. The zero-order chi connectivity index (χ0) is 11.4. The number of carbonyl (C=O) groups excluding carboxylic acids is 1. The Balaban J connectivity index is 2.02. The molecule has 0 aliphatic carbocycles. The second-order valence-corrected chi connectivity index (χ2v) is 3.66. The number of hydrogen-bond donors (Lipinski definition) is 1. The van der Waals surface area contributed by atoms with Gasteiger partial charge in [0.25, 0.3) is 5.91 Å². The zero-order valence-corrected chi connectivity index (χ0v) is 8.87. The second-order valence-electron chi connectivity index (χ2n) is 3.66. The van der Waals surface area contributed by atoms with E-state index >= 15 is 0 Å². The zero-order valence-electron chi connectivity index (χ0n) is 8.87. The minimum atomic E-state index is -0.699. The van der Waals surface area contributed by atoms with E-state index in [0.29, 0.717) is 19.7 Å². The van der Waals surface area contributed by atoms with Crippen LogP contribution < -0.4 is 0 Å². The number of aromatic nitrogens is 1. The van der Waals surface area contributed by atoms with Gasteiger partial charge in [-0.15, -0.1) is 0 Å². The Kier molecular flexibility index (Phi) is 3.48. The highest BCUT2D eigenvalue weighted by atomic mass is 16.5. The van der Waals surface area contributed by atoms with Crippen LogP contribution in [0.5, 0.6) is 0 Å². The number of carbonyl (C=O) groups is 1. The molecule has 0 bridgehead atoms.